The first-order valence-corrected chi connectivity index (χ1v) is 11.2. The molecule has 0 atom stereocenters. The fraction of sp³-hybridized carbons (Fsp3) is 0.381. The van der Waals surface area contributed by atoms with Gasteiger partial charge in [-0.15, -0.1) is 0 Å². The van der Waals surface area contributed by atoms with Crippen molar-refractivity contribution in [1.29, 1.82) is 0 Å². The highest BCUT2D eigenvalue weighted by molar-refractivity contribution is 7.89. The molecule has 0 heterocycles. The van der Waals surface area contributed by atoms with E-state index in [1.165, 1.54) is 11.1 Å². The summed E-state index contributed by atoms with van der Waals surface area (Å²) < 4.78 is 25.4. The van der Waals surface area contributed by atoms with Crippen molar-refractivity contribution in [3.8, 4) is 0 Å². The second-order valence-electron chi connectivity index (χ2n) is 6.41. The van der Waals surface area contributed by atoms with Crippen molar-refractivity contribution in [3.63, 3.8) is 0 Å². The molecule has 2 rings (SSSR count). The Kier molecular flexibility index (Phi) is 8.97. The summed E-state index contributed by atoms with van der Waals surface area (Å²) in [5.74, 6) is 1.01. The molecule has 2 aromatic rings. The number of guanidine groups is 1. The zero-order valence-corrected chi connectivity index (χ0v) is 17.4. The van der Waals surface area contributed by atoms with Crippen molar-refractivity contribution in [1.82, 2.24) is 15.4 Å². The molecular formula is C21H30N4O2S. The Bertz CT molecular complexity index is 784. The second kappa shape index (κ2) is 11.5. The molecule has 0 aliphatic heterocycles. The van der Waals surface area contributed by atoms with Crippen LogP contribution in [0.25, 0.3) is 0 Å². The predicted octanol–water partition coefficient (Wildman–Crippen LogP) is 2.31. The van der Waals surface area contributed by atoms with Gasteiger partial charge in [-0.1, -0.05) is 60.7 Å². The highest BCUT2D eigenvalue weighted by atomic mass is 32.2. The van der Waals surface area contributed by atoms with E-state index in [-0.39, 0.29) is 11.7 Å². The molecule has 7 heteroatoms. The van der Waals surface area contributed by atoms with E-state index in [9.17, 15) is 8.42 Å². The van der Waals surface area contributed by atoms with E-state index < -0.39 is 10.0 Å². The lowest BCUT2D eigenvalue weighted by Gasteiger charge is -2.20. The minimum Gasteiger partial charge on any atom is -0.356 e. The van der Waals surface area contributed by atoms with E-state index in [1.807, 2.05) is 12.1 Å². The lowest BCUT2D eigenvalue weighted by molar-refractivity contribution is 0.579. The Morgan fingerprint density at radius 1 is 0.929 bits per heavy atom. The van der Waals surface area contributed by atoms with E-state index in [1.54, 1.807) is 14.0 Å². The minimum absolute atomic E-state index is 0.101. The molecule has 0 aromatic heterocycles. The first kappa shape index (κ1) is 21.9. The first-order chi connectivity index (χ1) is 13.6. The van der Waals surface area contributed by atoms with Gasteiger partial charge in [0.2, 0.25) is 10.0 Å². The molecular weight excluding hydrogens is 372 g/mol. The molecule has 0 aliphatic rings. The SMILES string of the molecule is CCS(=O)(=O)NCCCNC(=NC)NCC(c1ccccc1)c1ccccc1. The van der Waals surface area contributed by atoms with Crippen molar-refractivity contribution in [3.05, 3.63) is 71.8 Å². The van der Waals surface area contributed by atoms with Crippen LogP contribution in [0.15, 0.2) is 65.7 Å². The van der Waals surface area contributed by atoms with Crippen LogP contribution in [0.5, 0.6) is 0 Å². The summed E-state index contributed by atoms with van der Waals surface area (Å²) in [5, 5.41) is 6.62. The molecule has 28 heavy (non-hydrogen) atoms. The largest absolute Gasteiger partial charge is 0.356 e. The lowest BCUT2D eigenvalue weighted by Crippen LogP contribution is -2.40. The third-order valence-electron chi connectivity index (χ3n) is 4.45. The zero-order valence-electron chi connectivity index (χ0n) is 16.6. The number of aliphatic imine (C=N–C) groups is 1. The maximum Gasteiger partial charge on any atom is 0.211 e. The first-order valence-electron chi connectivity index (χ1n) is 9.57. The van der Waals surface area contributed by atoms with Gasteiger partial charge in [0.05, 0.1) is 5.75 Å². The predicted molar refractivity (Wildman–Crippen MR) is 116 cm³/mol. The van der Waals surface area contributed by atoms with Crippen LogP contribution < -0.4 is 15.4 Å². The number of sulfonamides is 1. The van der Waals surface area contributed by atoms with E-state index in [0.29, 0.717) is 32.0 Å². The van der Waals surface area contributed by atoms with E-state index in [0.717, 1.165) is 0 Å². The molecule has 0 fully saturated rings. The number of nitrogens with one attached hydrogen (secondary N) is 3. The van der Waals surface area contributed by atoms with Crippen molar-refractivity contribution in [2.75, 3.05) is 32.4 Å². The molecule has 0 amide bonds. The van der Waals surface area contributed by atoms with Crippen LogP contribution in [-0.4, -0.2) is 46.8 Å². The van der Waals surface area contributed by atoms with Gasteiger partial charge in [0, 0.05) is 32.6 Å². The molecule has 0 aliphatic carbocycles. The summed E-state index contributed by atoms with van der Waals surface area (Å²) >= 11 is 0. The third-order valence-corrected chi connectivity index (χ3v) is 5.85. The molecule has 3 N–H and O–H groups in total. The number of benzene rings is 2. The van der Waals surface area contributed by atoms with Gasteiger partial charge in [0.25, 0.3) is 0 Å². The second-order valence-corrected chi connectivity index (χ2v) is 8.50. The molecule has 0 saturated carbocycles. The average molecular weight is 403 g/mol. The number of rotatable bonds is 10. The number of nitrogens with zero attached hydrogens (tertiary/aromatic N) is 1. The Labute approximate surface area is 168 Å². The van der Waals surface area contributed by atoms with Crippen LogP contribution in [0, 0.1) is 0 Å². The van der Waals surface area contributed by atoms with Gasteiger partial charge in [0.1, 0.15) is 0 Å². The van der Waals surface area contributed by atoms with Gasteiger partial charge in [0.15, 0.2) is 5.96 Å². The maximum absolute atomic E-state index is 11.4. The van der Waals surface area contributed by atoms with Crippen LogP contribution in [0.3, 0.4) is 0 Å². The fourth-order valence-electron chi connectivity index (χ4n) is 2.84. The van der Waals surface area contributed by atoms with Gasteiger partial charge in [-0.05, 0) is 24.5 Å². The minimum atomic E-state index is -3.13. The van der Waals surface area contributed by atoms with Crippen molar-refractivity contribution in [2.24, 2.45) is 4.99 Å². The molecule has 152 valence electrons. The van der Waals surface area contributed by atoms with E-state index >= 15 is 0 Å². The molecule has 0 bridgehead atoms. The molecule has 0 spiro atoms. The Morgan fingerprint density at radius 2 is 1.50 bits per heavy atom. The number of hydrogen-bond acceptors (Lipinski definition) is 3. The highest BCUT2D eigenvalue weighted by Crippen LogP contribution is 2.23. The van der Waals surface area contributed by atoms with E-state index in [4.69, 9.17) is 0 Å². The molecule has 6 nitrogen and oxygen atoms in total. The topological polar surface area (TPSA) is 82.6 Å². The van der Waals surface area contributed by atoms with Crippen LogP contribution in [-0.2, 0) is 10.0 Å². The molecule has 0 unspecified atom stereocenters. The van der Waals surface area contributed by atoms with Gasteiger partial charge in [-0.2, -0.15) is 0 Å². The van der Waals surface area contributed by atoms with Crippen LogP contribution >= 0.6 is 0 Å². The summed E-state index contributed by atoms with van der Waals surface area (Å²) in [5.41, 5.74) is 2.48. The lowest BCUT2D eigenvalue weighted by atomic mass is 9.91. The third kappa shape index (κ3) is 7.32. The summed E-state index contributed by atoms with van der Waals surface area (Å²) in [6, 6.07) is 20.8. The monoisotopic (exact) mass is 402 g/mol. The van der Waals surface area contributed by atoms with Crippen molar-refractivity contribution in [2.45, 2.75) is 19.3 Å². The van der Waals surface area contributed by atoms with Crippen LogP contribution in [0.4, 0.5) is 0 Å². The zero-order chi connectivity index (χ0) is 20.2. The quantitative estimate of drug-likeness (QED) is 0.324. The Balaban J connectivity index is 1.89. The summed E-state index contributed by atoms with van der Waals surface area (Å²) in [7, 11) is -1.40. The van der Waals surface area contributed by atoms with Gasteiger partial charge in [-0.3, -0.25) is 4.99 Å². The standard InChI is InChI=1S/C21H30N4O2S/c1-3-28(26,27)25-16-10-15-23-21(22-2)24-17-20(18-11-6-4-7-12-18)19-13-8-5-9-14-19/h4-9,11-14,20,25H,3,10,15-17H2,1-2H3,(H2,22,23,24). The summed E-state index contributed by atoms with van der Waals surface area (Å²) in [4.78, 5) is 4.27. The normalized spacial score (nSPS) is 12.2. The maximum atomic E-state index is 11.4. The Morgan fingerprint density at radius 3 is 2.00 bits per heavy atom. The van der Waals surface area contributed by atoms with E-state index in [2.05, 4.69) is 68.9 Å². The van der Waals surface area contributed by atoms with Gasteiger partial charge in [-0.25, -0.2) is 13.1 Å². The number of hydrogen-bond donors (Lipinski definition) is 3. The Hall–Kier alpha value is -2.38. The molecule has 0 saturated heterocycles. The van der Waals surface area contributed by atoms with Gasteiger partial charge >= 0.3 is 0 Å². The average Bonchev–Trinajstić information content (AvgIpc) is 2.73. The fourth-order valence-corrected chi connectivity index (χ4v) is 3.50. The van der Waals surface area contributed by atoms with Crippen molar-refractivity contribution >= 4 is 16.0 Å². The van der Waals surface area contributed by atoms with Crippen molar-refractivity contribution < 1.29 is 8.42 Å². The molecule has 2 aromatic carbocycles. The molecule has 0 radical (unpaired) electrons. The smallest absolute Gasteiger partial charge is 0.211 e. The summed E-state index contributed by atoms with van der Waals surface area (Å²) in [6.45, 7) is 3.38. The van der Waals surface area contributed by atoms with Gasteiger partial charge < -0.3 is 10.6 Å². The summed E-state index contributed by atoms with van der Waals surface area (Å²) in [6.07, 6.45) is 0.681. The highest BCUT2D eigenvalue weighted by Gasteiger charge is 2.14. The van der Waals surface area contributed by atoms with Crippen LogP contribution in [0.2, 0.25) is 0 Å². The van der Waals surface area contributed by atoms with Crippen LogP contribution in [0.1, 0.15) is 30.4 Å².